The van der Waals surface area contributed by atoms with Crippen molar-refractivity contribution in [2.75, 3.05) is 19.7 Å². The van der Waals surface area contributed by atoms with E-state index in [0.717, 1.165) is 45.2 Å². The minimum atomic E-state index is -0.607. The van der Waals surface area contributed by atoms with E-state index in [9.17, 15) is 14.7 Å². The van der Waals surface area contributed by atoms with E-state index in [1.165, 1.54) is 19.8 Å². The van der Waals surface area contributed by atoms with Gasteiger partial charge in [-0.15, -0.1) is 0 Å². The standard InChI is InChI=1S/C24H33NO4/c1-13-10-25-11-16-5-3-15-4-6-18-19(22(27)28)9-24(20(15)18)21(25)17(13)7-8-23(16,24)12-29-14(2)26/h13,16-19,21H,3-12H2,1-2H3,(H,27,28)/t13-,16-,17+,18-,19-,21+,23-,24?/m1/s1. The molecule has 5 nitrogen and oxygen atoms in total. The third-order valence-electron chi connectivity index (χ3n) is 10.3. The van der Waals surface area contributed by atoms with E-state index >= 15 is 0 Å². The first-order valence-electron chi connectivity index (χ1n) is 11.7. The molecule has 0 aromatic heterocycles. The Morgan fingerprint density at radius 1 is 1.21 bits per heavy atom. The fourth-order valence-corrected chi connectivity index (χ4v) is 9.53. The second-order valence-corrected chi connectivity index (χ2v) is 11.0. The monoisotopic (exact) mass is 399 g/mol. The van der Waals surface area contributed by atoms with Gasteiger partial charge in [0.1, 0.15) is 0 Å². The SMILES string of the molecule is CC(=O)OC[C@]12CC[C@H]3[C@H](C)CN4C[C@H]1CCC1=C5[C@H](CC1)[C@H](C(=O)O)CC52[C@H]34. The fourth-order valence-electron chi connectivity index (χ4n) is 9.53. The van der Waals surface area contributed by atoms with Gasteiger partial charge in [-0.1, -0.05) is 18.1 Å². The Bertz CT molecular complexity index is 820. The van der Waals surface area contributed by atoms with Crippen molar-refractivity contribution in [1.29, 1.82) is 0 Å². The molecule has 158 valence electrons. The van der Waals surface area contributed by atoms with Crippen molar-refractivity contribution in [3.8, 4) is 0 Å². The molecule has 6 aliphatic rings. The smallest absolute Gasteiger partial charge is 0.307 e. The van der Waals surface area contributed by atoms with Crippen LogP contribution in [-0.2, 0) is 14.3 Å². The Morgan fingerprint density at radius 2 is 2.00 bits per heavy atom. The molecule has 6 rings (SSSR count). The summed E-state index contributed by atoms with van der Waals surface area (Å²) in [6.07, 6.45) is 7.49. The average molecular weight is 400 g/mol. The van der Waals surface area contributed by atoms with Crippen molar-refractivity contribution < 1.29 is 19.4 Å². The first-order chi connectivity index (χ1) is 13.9. The first-order valence-corrected chi connectivity index (χ1v) is 11.7. The number of ether oxygens (including phenoxy) is 1. The molecule has 4 fully saturated rings. The van der Waals surface area contributed by atoms with Crippen molar-refractivity contribution in [3.05, 3.63) is 11.1 Å². The molecule has 0 radical (unpaired) electrons. The second kappa shape index (κ2) is 5.87. The van der Waals surface area contributed by atoms with E-state index in [1.54, 1.807) is 11.1 Å². The second-order valence-electron chi connectivity index (χ2n) is 11.0. The maximum Gasteiger partial charge on any atom is 0.307 e. The largest absolute Gasteiger partial charge is 0.481 e. The topological polar surface area (TPSA) is 66.8 Å². The molecule has 2 heterocycles. The van der Waals surface area contributed by atoms with Gasteiger partial charge in [-0.05, 0) is 68.6 Å². The third-order valence-corrected chi connectivity index (χ3v) is 10.3. The van der Waals surface area contributed by atoms with Crippen LogP contribution in [0.3, 0.4) is 0 Å². The molecule has 29 heavy (non-hydrogen) atoms. The van der Waals surface area contributed by atoms with Crippen molar-refractivity contribution in [1.82, 2.24) is 4.90 Å². The maximum atomic E-state index is 12.4. The average Bonchev–Trinajstić information content (AvgIpc) is 3.30. The Labute approximate surface area is 172 Å². The van der Waals surface area contributed by atoms with Crippen LogP contribution in [0.2, 0.25) is 0 Å². The van der Waals surface area contributed by atoms with Gasteiger partial charge in [0.15, 0.2) is 0 Å². The lowest BCUT2D eigenvalue weighted by Gasteiger charge is -2.66. The number of carbonyl (C=O) groups excluding carboxylic acids is 1. The summed E-state index contributed by atoms with van der Waals surface area (Å²) in [6, 6.07) is 0.450. The molecule has 2 saturated carbocycles. The molecular weight excluding hydrogens is 366 g/mol. The molecule has 0 aromatic rings. The van der Waals surface area contributed by atoms with Gasteiger partial charge in [-0.3, -0.25) is 14.5 Å². The number of hydrogen-bond acceptors (Lipinski definition) is 4. The zero-order chi connectivity index (χ0) is 20.1. The molecule has 5 heteroatoms. The van der Waals surface area contributed by atoms with Gasteiger partial charge in [0.25, 0.3) is 0 Å². The van der Waals surface area contributed by atoms with Crippen molar-refractivity contribution >= 4 is 11.9 Å². The fraction of sp³-hybridized carbons (Fsp3) is 0.833. The summed E-state index contributed by atoms with van der Waals surface area (Å²) in [5, 5.41) is 10.2. The number of carboxylic acid groups (broad SMARTS) is 1. The van der Waals surface area contributed by atoms with Gasteiger partial charge in [0, 0.05) is 36.9 Å². The molecule has 2 aliphatic heterocycles. The Morgan fingerprint density at radius 3 is 2.76 bits per heavy atom. The van der Waals surface area contributed by atoms with Gasteiger partial charge < -0.3 is 9.84 Å². The van der Waals surface area contributed by atoms with Crippen LogP contribution in [0.5, 0.6) is 0 Å². The zero-order valence-electron chi connectivity index (χ0n) is 17.7. The maximum absolute atomic E-state index is 12.4. The van der Waals surface area contributed by atoms with Gasteiger partial charge in [-0.2, -0.15) is 0 Å². The van der Waals surface area contributed by atoms with Crippen LogP contribution in [0.25, 0.3) is 0 Å². The summed E-state index contributed by atoms with van der Waals surface area (Å²) < 4.78 is 5.83. The highest BCUT2D eigenvalue weighted by atomic mass is 16.5. The van der Waals surface area contributed by atoms with Crippen molar-refractivity contribution in [3.63, 3.8) is 0 Å². The summed E-state index contributed by atoms with van der Waals surface area (Å²) in [5.74, 6) is 0.992. The normalized spacial score (nSPS) is 49.7. The summed E-state index contributed by atoms with van der Waals surface area (Å²) in [7, 11) is 0. The lowest BCUT2D eigenvalue weighted by Crippen LogP contribution is -2.68. The van der Waals surface area contributed by atoms with Crippen LogP contribution in [0.1, 0.15) is 58.8 Å². The Kier molecular flexibility index (Phi) is 3.72. The minimum absolute atomic E-state index is 0.0652. The number of hydrogen-bond donors (Lipinski definition) is 1. The highest BCUT2D eigenvalue weighted by molar-refractivity contribution is 5.73. The molecule has 0 amide bonds. The number of nitrogens with zero attached hydrogens (tertiary/aromatic N) is 1. The summed E-state index contributed by atoms with van der Waals surface area (Å²) in [5.41, 5.74) is 2.99. The molecule has 2 saturated heterocycles. The molecule has 4 aliphatic carbocycles. The third kappa shape index (κ3) is 2.06. The predicted molar refractivity (Wildman–Crippen MR) is 107 cm³/mol. The number of carbonyl (C=O) groups is 2. The predicted octanol–water partition coefficient (Wildman–Crippen LogP) is 3.49. The summed E-state index contributed by atoms with van der Waals surface area (Å²) in [4.78, 5) is 27.0. The number of carboxylic acids is 1. The first kappa shape index (κ1) is 18.4. The lowest BCUT2D eigenvalue weighted by atomic mass is 9.43. The van der Waals surface area contributed by atoms with Gasteiger partial charge in [0.05, 0.1) is 12.5 Å². The van der Waals surface area contributed by atoms with Crippen LogP contribution in [0.15, 0.2) is 11.1 Å². The zero-order valence-corrected chi connectivity index (χ0v) is 17.7. The number of esters is 1. The van der Waals surface area contributed by atoms with Gasteiger partial charge in [-0.25, -0.2) is 0 Å². The van der Waals surface area contributed by atoms with Crippen LogP contribution in [-0.4, -0.2) is 47.7 Å². The van der Waals surface area contributed by atoms with Crippen LogP contribution < -0.4 is 0 Å². The van der Waals surface area contributed by atoms with E-state index in [1.807, 2.05) is 0 Å². The molecule has 8 atom stereocenters. The molecule has 4 bridgehead atoms. The molecule has 1 N–H and O–H groups in total. The van der Waals surface area contributed by atoms with Crippen LogP contribution in [0.4, 0.5) is 0 Å². The number of aliphatic carboxylic acids is 1. The van der Waals surface area contributed by atoms with Gasteiger partial charge >= 0.3 is 11.9 Å². The lowest BCUT2D eigenvalue weighted by molar-refractivity contribution is -0.187. The van der Waals surface area contributed by atoms with E-state index in [2.05, 4.69) is 11.8 Å². The van der Waals surface area contributed by atoms with Gasteiger partial charge in [0.2, 0.25) is 0 Å². The van der Waals surface area contributed by atoms with Crippen molar-refractivity contribution in [2.45, 2.75) is 64.8 Å². The Hall–Kier alpha value is -1.36. The van der Waals surface area contributed by atoms with Crippen LogP contribution in [0, 0.1) is 40.4 Å². The summed E-state index contributed by atoms with van der Waals surface area (Å²) in [6.45, 7) is 6.68. The highest BCUT2D eigenvalue weighted by Crippen LogP contribution is 2.76. The molecule has 1 unspecified atom stereocenters. The van der Waals surface area contributed by atoms with E-state index in [0.29, 0.717) is 30.4 Å². The minimum Gasteiger partial charge on any atom is -0.481 e. The number of rotatable bonds is 3. The van der Waals surface area contributed by atoms with E-state index in [4.69, 9.17) is 4.74 Å². The van der Waals surface area contributed by atoms with Crippen molar-refractivity contribution in [2.24, 2.45) is 40.4 Å². The number of piperidine rings is 1. The number of allylic oxidation sites excluding steroid dienone is 1. The molecular formula is C24H33NO4. The highest BCUT2D eigenvalue weighted by Gasteiger charge is 2.75. The van der Waals surface area contributed by atoms with E-state index < -0.39 is 5.97 Å². The molecule has 0 aromatic carbocycles. The molecule has 1 spiro atoms. The van der Waals surface area contributed by atoms with Crippen LogP contribution >= 0.6 is 0 Å². The van der Waals surface area contributed by atoms with E-state index in [-0.39, 0.29) is 28.6 Å². The Balaban J connectivity index is 1.59. The summed E-state index contributed by atoms with van der Waals surface area (Å²) >= 11 is 0. The quantitative estimate of drug-likeness (QED) is 0.581.